The van der Waals surface area contributed by atoms with Crippen LogP contribution in [-0.2, 0) is 0 Å². The quantitative estimate of drug-likeness (QED) is 0.317. The SMILES string of the molecule is CCCC(CO)(CO)CC(C)CC.CCCCCC(CO)(CO)CCC. The number of aliphatic hydroxyl groups is 4. The third kappa shape index (κ3) is 11.5. The van der Waals surface area contributed by atoms with Gasteiger partial charge in [-0.2, -0.15) is 0 Å². The van der Waals surface area contributed by atoms with E-state index < -0.39 is 0 Å². The van der Waals surface area contributed by atoms with Crippen LogP contribution in [0.4, 0.5) is 0 Å². The van der Waals surface area contributed by atoms with Crippen molar-refractivity contribution < 1.29 is 20.4 Å². The zero-order chi connectivity index (χ0) is 20.5. The molecule has 0 fully saturated rings. The van der Waals surface area contributed by atoms with Gasteiger partial charge in [0.15, 0.2) is 0 Å². The van der Waals surface area contributed by atoms with E-state index in [2.05, 4.69) is 34.6 Å². The van der Waals surface area contributed by atoms with Crippen molar-refractivity contribution in [2.75, 3.05) is 26.4 Å². The monoisotopic (exact) mass is 376 g/mol. The molecular weight excluding hydrogens is 328 g/mol. The summed E-state index contributed by atoms with van der Waals surface area (Å²) < 4.78 is 0. The number of unbranched alkanes of at least 4 members (excludes halogenated alkanes) is 2. The highest BCUT2D eigenvalue weighted by molar-refractivity contribution is 4.79. The molecule has 4 N–H and O–H groups in total. The maximum atomic E-state index is 9.29. The smallest absolute Gasteiger partial charge is 0.0509 e. The number of hydrogen-bond acceptors (Lipinski definition) is 4. The summed E-state index contributed by atoms with van der Waals surface area (Å²) in [6.07, 6.45) is 10.4. The first-order valence-electron chi connectivity index (χ1n) is 10.8. The molecule has 0 rings (SSSR count). The lowest BCUT2D eigenvalue weighted by Gasteiger charge is -2.31. The lowest BCUT2D eigenvalue weighted by Crippen LogP contribution is -2.31. The van der Waals surface area contributed by atoms with Gasteiger partial charge >= 0.3 is 0 Å². The average Bonchev–Trinajstić information content (AvgIpc) is 2.67. The van der Waals surface area contributed by atoms with Crippen LogP contribution in [0, 0.1) is 16.7 Å². The van der Waals surface area contributed by atoms with E-state index in [1.54, 1.807) is 0 Å². The Morgan fingerprint density at radius 1 is 0.615 bits per heavy atom. The van der Waals surface area contributed by atoms with Gasteiger partial charge in [0.2, 0.25) is 0 Å². The van der Waals surface area contributed by atoms with Crippen LogP contribution in [0.1, 0.15) is 98.8 Å². The van der Waals surface area contributed by atoms with Crippen LogP contribution in [0.3, 0.4) is 0 Å². The Bertz CT molecular complexity index is 286. The molecule has 0 heterocycles. The molecule has 1 unspecified atom stereocenters. The molecule has 26 heavy (non-hydrogen) atoms. The van der Waals surface area contributed by atoms with Crippen molar-refractivity contribution >= 4 is 0 Å². The van der Waals surface area contributed by atoms with Crippen molar-refractivity contribution in [2.24, 2.45) is 16.7 Å². The third-order valence-electron chi connectivity index (χ3n) is 5.69. The van der Waals surface area contributed by atoms with Gasteiger partial charge < -0.3 is 20.4 Å². The maximum absolute atomic E-state index is 9.29. The Morgan fingerprint density at radius 2 is 1.08 bits per heavy atom. The van der Waals surface area contributed by atoms with E-state index in [0.717, 1.165) is 51.4 Å². The van der Waals surface area contributed by atoms with E-state index in [-0.39, 0.29) is 37.3 Å². The third-order valence-corrected chi connectivity index (χ3v) is 5.69. The Balaban J connectivity index is 0. The van der Waals surface area contributed by atoms with Crippen LogP contribution in [-0.4, -0.2) is 46.9 Å². The molecule has 160 valence electrons. The first-order chi connectivity index (χ1) is 12.4. The lowest BCUT2D eigenvalue weighted by molar-refractivity contribution is 0.0267. The molecule has 0 aromatic rings. The maximum Gasteiger partial charge on any atom is 0.0509 e. The minimum absolute atomic E-state index is 0.113. The second kappa shape index (κ2) is 17.0. The summed E-state index contributed by atoms with van der Waals surface area (Å²) in [5, 5.41) is 37.1. The Labute approximate surface area is 163 Å². The fourth-order valence-corrected chi connectivity index (χ4v) is 3.62. The second-order valence-corrected chi connectivity index (χ2v) is 8.31. The van der Waals surface area contributed by atoms with Crippen LogP contribution < -0.4 is 0 Å². The van der Waals surface area contributed by atoms with Crippen molar-refractivity contribution in [1.29, 1.82) is 0 Å². The largest absolute Gasteiger partial charge is 0.396 e. The summed E-state index contributed by atoms with van der Waals surface area (Å²) in [5.41, 5.74) is -0.436. The molecule has 0 aliphatic heterocycles. The number of aliphatic hydroxyl groups excluding tert-OH is 4. The van der Waals surface area contributed by atoms with Crippen LogP contribution in [0.15, 0.2) is 0 Å². The first-order valence-corrected chi connectivity index (χ1v) is 10.8. The summed E-state index contributed by atoms with van der Waals surface area (Å²) in [7, 11) is 0. The van der Waals surface area contributed by atoms with E-state index in [0.29, 0.717) is 5.92 Å². The van der Waals surface area contributed by atoms with Crippen LogP contribution in [0.5, 0.6) is 0 Å². The van der Waals surface area contributed by atoms with Gasteiger partial charge in [0, 0.05) is 10.8 Å². The standard InChI is InChI=1S/2C11H24O2/c1-4-6-11(8-12,9-13)7-10(3)5-2;1-3-5-6-8-11(9-12,10-13)7-4-2/h10,12-13H,4-9H2,1-3H3;12-13H,3-10H2,1-2H3. The molecule has 0 aromatic heterocycles. The second-order valence-electron chi connectivity index (χ2n) is 8.31. The van der Waals surface area contributed by atoms with Gasteiger partial charge in [-0.05, 0) is 31.6 Å². The Kier molecular flexibility index (Phi) is 18.3. The first kappa shape index (κ1) is 28.1. The summed E-state index contributed by atoms with van der Waals surface area (Å²) in [6, 6.07) is 0. The molecular formula is C22H48O4. The normalized spacial score (nSPS) is 13.3. The Hall–Kier alpha value is -0.160. The van der Waals surface area contributed by atoms with Gasteiger partial charge in [0.1, 0.15) is 0 Å². The highest BCUT2D eigenvalue weighted by atomic mass is 16.3. The average molecular weight is 377 g/mol. The molecule has 0 aliphatic rings. The van der Waals surface area contributed by atoms with Gasteiger partial charge in [0.25, 0.3) is 0 Å². The van der Waals surface area contributed by atoms with E-state index >= 15 is 0 Å². The van der Waals surface area contributed by atoms with Gasteiger partial charge in [-0.15, -0.1) is 0 Å². The van der Waals surface area contributed by atoms with Gasteiger partial charge in [-0.1, -0.05) is 73.1 Å². The molecule has 1 atom stereocenters. The molecule has 4 heteroatoms. The minimum atomic E-state index is -0.232. The molecule has 0 amide bonds. The molecule has 0 aliphatic carbocycles. The summed E-state index contributed by atoms with van der Waals surface area (Å²) in [5.74, 6) is 0.589. The summed E-state index contributed by atoms with van der Waals surface area (Å²) in [4.78, 5) is 0. The molecule has 0 spiro atoms. The lowest BCUT2D eigenvalue weighted by atomic mass is 9.77. The minimum Gasteiger partial charge on any atom is -0.396 e. The fraction of sp³-hybridized carbons (Fsp3) is 1.00. The van der Waals surface area contributed by atoms with E-state index in [1.807, 2.05) is 0 Å². The zero-order valence-corrected chi connectivity index (χ0v) is 18.3. The predicted molar refractivity (Wildman–Crippen MR) is 111 cm³/mol. The molecule has 0 saturated heterocycles. The predicted octanol–water partition coefficient (Wildman–Crippen LogP) is 4.53. The van der Waals surface area contributed by atoms with Crippen molar-refractivity contribution in [3.8, 4) is 0 Å². The molecule has 0 aromatic carbocycles. The van der Waals surface area contributed by atoms with E-state index in [4.69, 9.17) is 0 Å². The summed E-state index contributed by atoms with van der Waals surface area (Å²) >= 11 is 0. The topological polar surface area (TPSA) is 80.9 Å². The van der Waals surface area contributed by atoms with Gasteiger partial charge in [-0.3, -0.25) is 0 Å². The van der Waals surface area contributed by atoms with Crippen LogP contribution >= 0.6 is 0 Å². The Morgan fingerprint density at radius 3 is 1.42 bits per heavy atom. The zero-order valence-electron chi connectivity index (χ0n) is 18.3. The molecule has 4 nitrogen and oxygen atoms in total. The van der Waals surface area contributed by atoms with Crippen molar-refractivity contribution in [1.82, 2.24) is 0 Å². The number of rotatable bonds is 15. The fourth-order valence-electron chi connectivity index (χ4n) is 3.62. The molecule has 0 bridgehead atoms. The van der Waals surface area contributed by atoms with Crippen LogP contribution in [0.25, 0.3) is 0 Å². The highest BCUT2D eigenvalue weighted by Crippen LogP contribution is 2.32. The van der Waals surface area contributed by atoms with Crippen molar-refractivity contribution in [3.63, 3.8) is 0 Å². The van der Waals surface area contributed by atoms with Crippen molar-refractivity contribution in [3.05, 3.63) is 0 Å². The number of hydrogen-bond donors (Lipinski definition) is 4. The summed E-state index contributed by atoms with van der Waals surface area (Å²) in [6.45, 7) is 11.2. The van der Waals surface area contributed by atoms with Crippen LogP contribution in [0.2, 0.25) is 0 Å². The molecule has 0 saturated carbocycles. The molecule has 0 radical (unpaired) electrons. The highest BCUT2D eigenvalue weighted by Gasteiger charge is 2.29. The van der Waals surface area contributed by atoms with Crippen molar-refractivity contribution in [2.45, 2.75) is 98.8 Å². The van der Waals surface area contributed by atoms with Gasteiger partial charge in [-0.25, -0.2) is 0 Å². The van der Waals surface area contributed by atoms with Gasteiger partial charge in [0.05, 0.1) is 26.4 Å². The van der Waals surface area contributed by atoms with E-state index in [9.17, 15) is 20.4 Å². The van der Waals surface area contributed by atoms with E-state index in [1.165, 1.54) is 12.8 Å².